The van der Waals surface area contributed by atoms with Crippen LogP contribution < -0.4 is 9.47 Å². The van der Waals surface area contributed by atoms with Crippen LogP contribution in [0.25, 0.3) is 11.1 Å². The van der Waals surface area contributed by atoms with Crippen LogP contribution in [0.5, 0.6) is 11.5 Å². The van der Waals surface area contributed by atoms with E-state index in [4.69, 9.17) is 9.47 Å². The van der Waals surface area contributed by atoms with E-state index in [0.29, 0.717) is 36.8 Å². The van der Waals surface area contributed by atoms with Gasteiger partial charge in [0.15, 0.2) is 23.1 Å². The Balaban J connectivity index is 1.40. The van der Waals surface area contributed by atoms with Crippen molar-refractivity contribution in [1.29, 1.82) is 0 Å². The smallest absolute Gasteiger partial charge is 0.314 e. The summed E-state index contributed by atoms with van der Waals surface area (Å²) in [6.07, 6.45) is 2.19. The van der Waals surface area contributed by atoms with Gasteiger partial charge in [0.1, 0.15) is 6.61 Å². The van der Waals surface area contributed by atoms with Crippen LogP contribution >= 0.6 is 0 Å². The average molecular weight is 529 g/mol. The van der Waals surface area contributed by atoms with E-state index in [9.17, 15) is 23.1 Å². The predicted octanol–water partition coefficient (Wildman–Crippen LogP) is 7.41. The highest BCUT2D eigenvalue weighted by atomic mass is 19.2. The lowest BCUT2D eigenvalue weighted by Crippen LogP contribution is -2.26. The first-order chi connectivity index (χ1) is 18.2. The van der Waals surface area contributed by atoms with E-state index in [1.54, 1.807) is 37.3 Å². The van der Waals surface area contributed by atoms with E-state index in [-0.39, 0.29) is 29.4 Å². The molecule has 0 aromatic heterocycles. The Labute approximate surface area is 218 Å². The van der Waals surface area contributed by atoms with E-state index >= 15 is 4.39 Å². The first-order valence-electron chi connectivity index (χ1n) is 12.4. The van der Waals surface area contributed by atoms with Crippen molar-refractivity contribution in [1.82, 2.24) is 0 Å². The summed E-state index contributed by atoms with van der Waals surface area (Å²) in [4.78, 5) is 12.6. The average Bonchev–Trinajstić information content (AvgIpc) is 2.92. The van der Waals surface area contributed by atoms with Gasteiger partial charge in [0, 0.05) is 5.56 Å². The zero-order valence-electron chi connectivity index (χ0n) is 20.9. The van der Waals surface area contributed by atoms with Crippen molar-refractivity contribution in [3.63, 3.8) is 0 Å². The van der Waals surface area contributed by atoms with Gasteiger partial charge in [-0.2, -0.15) is 8.78 Å². The molecule has 0 saturated heterocycles. The van der Waals surface area contributed by atoms with Crippen LogP contribution in [-0.2, 0) is 4.79 Å². The van der Waals surface area contributed by atoms with Crippen molar-refractivity contribution in [3.8, 4) is 22.6 Å². The van der Waals surface area contributed by atoms with Gasteiger partial charge in [0.05, 0.1) is 12.0 Å². The molecule has 0 bridgehead atoms. The van der Waals surface area contributed by atoms with Gasteiger partial charge in [-0.1, -0.05) is 49.1 Å². The Morgan fingerprint density at radius 1 is 0.921 bits per heavy atom. The van der Waals surface area contributed by atoms with Crippen LogP contribution in [0.4, 0.5) is 17.6 Å². The minimum absolute atomic E-state index is 0.0109. The normalized spacial score (nSPS) is 18.1. The zero-order valence-corrected chi connectivity index (χ0v) is 20.9. The molecule has 0 aliphatic heterocycles. The maximum absolute atomic E-state index is 15.1. The third-order valence-corrected chi connectivity index (χ3v) is 6.90. The molecule has 1 aliphatic rings. The number of esters is 1. The third kappa shape index (κ3) is 5.75. The fraction of sp³-hybridized carbons (Fsp3) is 0.300. The molecule has 3 aromatic rings. The van der Waals surface area contributed by atoms with E-state index < -0.39 is 47.0 Å². The first-order valence-corrected chi connectivity index (χ1v) is 12.4. The Morgan fingerprint density at radius 3 is 2.18 bits per heavy atom. The highest BCUT2D eigenvalue weighted by Crippen LogP contribution is 2.40. The molecule has 1 saturated carbocycles. The first kappa shape index (κ1) is 27.4. The summed E-state index contributed by atoms with van der Waals surface area (Å²) < 4.78 is 68.7. The Bertz CT molecular complexity index is 1310. The molecule has 8 heteroatoms. The number of hydrogen-bond donors (Lipinski definition) is 1. The molecule has 200 valence electrons. The molecule has 3 aromatic carbocycles. The van der Waals surface area contributed by atoms with E-state index in [0.717, 1.165) is 6.07 Å². The van der Waals surface area contributed by atoms with Crippen LogP contribution in [0.3, 0.4) is 0 Å². The largest absolute Gasteiger partial charge is 0.486 e. The Morgan fingerprint density at radius 2 is 1.55 bits per heavy atom. The SMILES string of the molecule is C=CCOc1ccc(OC(=O)C2CCC(c3ccc(-c4ccc(C(C)O)cc4)c(F)c3F)CC2)c(F)c1F. The zero-order chi connectivity index (χ0) is 27.4. The second-order valence-corrected chi connectivity index (χ2v) is 9.39. The number of benzene rings is 3. The monoisotopic (exact) mass is 528 g/mol. The maximum atomic E-state index is 15.1. The standard InChI is InChI=1S/C30H28F4O4/c1-3-16-37-24-14-15-25(29(34)28(24)33)38-30(36)21-10-8-20(9-11-21)23-13-12-22(26(31)27(23)32)19-6-4-18(5-7-19)17(2)35/h3-7,12-15,17,20-21,35H,1,8-11,16H2,2H3. The van der Waals surface area contributed by atoms with Crippen LogP contribution in [0.2, 0.25) is 0 Å². The number of halogens is 4. The van der Waals surface area contributed by atoms with Crippen LogP contribution in [-0.4, -0.2) is 17.7 Å². The molecular weight excluding hydrogens is 500 g/mol. The molecule has 1 aliphatic carbocycles. The van der Waals surface area contributed by atoms with Crippen molar-refractivity contribution in [2.75, 3.05) is 6.61 Å². The summed E-state index contributed by atoms with van der Waals surface area (Å²) in [7, 11) is 0. The topological polar surface area (TPSA) is 55.8 Å². The van der Waals surface area contributed by atoms with Crippen LogP contribution in [0.1, 0.15) is 55.8 Å². The minimum atomic E-state index is -1.33. The van der Waals surface area contributed by atoms with Crippen molar-refractivity contribution in [3.05, 3.63) is 95.6 Å². The molecule has 0 spiro atoms. The molecule has 0 radical (unpaired) electrons. The summed E-state index contributed by atoms with van der Waals surface area (Å²) in [6.45, 7) is 5.05. The van der Waals surface area contributed by atoms with Gasteiger partial charge in [-0.25, -0.2) is 8.78 Å². The van der Waals surface area contributed by atoms with Gasteiger partial charge in [-0.05, 0) is 67.3 Å². The number of rotatable bonds is 8. The second kappa shape index (κ2) is 11.8. The summed E-state index contributed by atoms with van der Waals surface area (Å²) in [6, 6.07) is 12.0. The predicted molar refractivity (Wildman–Crippen MR) is 135 cm³/mol. The van der Waals surface area contributed by atoms with Crippen molar-refractivity contribution < 1.29 is 36.9 Å². The van der Waals surface area contributed by atoms with Gasteiger partial charge >= 0.3 is 5.97 Å². The molecule has 4 nitrogen and oxygen atoms in total. The van der Waals surface area contributed by atoms with Crippen molar-refractivity contribution in [2.24, 2.45) is 5.92 Å². The molecule has 1 N–H and O–H groups in total. The summed E-state index contributed by atoms with van der Waals surface area (Å²) in [5.41, 5.74) is 1.52. The lowest BCUT2D eigenvalue weighted by Gasteiger charge is -2.28. The summed E-state index contributed by atoms with van der Waals surface area (Å²) in [5, 5.41) is 9.65. The number of carbonyl (C=O) groups is 1. The molecule has 0 amide bonds. The molecular formula is C30H28F4O4. The van der Waals surface area contributed by atoms with Gasteiger partial charge in [0.2, 0.25) is 11.6 Å². The van der Waals surface area contributed by atoms with E-state index in [2.05, 4.69) is 6.58 Å². The Kier molecular flexibility index (Phi) is 8.52. The Hall–Kier alpha value is -3.65. The second-order valence-electron chi connectivity index (χ2n) is 9.39. The quantitative estimate of drug-likeness (QED) is 0.143. The van der Waals surface area contributed by atoms with Crippen molar-refractivity contribution in [2.45, 2.75) is 44.6 Å². The number of hydrogen-bond acceptors (Lipinski definition) is 4. The number of aliphatic hydroxyl groups is 1. The number of ether oxygens (including phenoxy) is 2. The molecule has 1 fully saturated rings. The summed E-state index contributed by atoms with van der Waals surface area (Å²) in [5.74, 6) is -6.90. The fourth-order valence-corrected chi connectivity index (χ4v) is 4.73. The highest BCUT2D eigenvalue weighted by Gasteiger charge is 2.31. The summed E-state index contributed by atoms with van der Waals surface area (Å²) >= 11 is 0. The van der Waals surface area contributed by atoms with Crippen LogP contribution in [0, 0.1) is 29.2 Å². The number of aliphatic hydroxyl groups excluding tert-OH is 1. The van der Waals surface area contributed by atoms with Gasteiger partial charge in [-0.15, -0.1) is 0 Å². The van der Waals surface area contributed by atoms with Crippen molar-refractivity contribution >= 4 is 5.97 Å². The van der Waals surface area contributed by atoms with E-state index in [1.165, 1.54) is 18.2 Å². The van der Waals surface area contributed by atoms with Crippen LogP contribution in [0.15, 0.2) is 61.2 Å². The molecule has 1 atom stereocenters. The fourth-order valence-electron chi connectivity index (χ4n) is 4.73. The molecule has 0 heterocycles. The minimum Gasteiger partial charge on any atom is -0.486 e. The third-order valence-electron chi connectivity index (χ3n) is 6.90. The van der Waals surface area contributed by atoms with E-state index in [1.807, 2.05) is 0 Å². The molecule has 1 unspecified atom stereocenters. The number of carbonyl (C=O) groups excluding carboxylic acids is 1. The van der Waals surface area contributed by atoms with Gasteiger partial charge in [0.25, 0.3) is 0 Å². The highest BCUT2D eigenvalue weighted by molar-refractivity contribution is 5.75. The lowest BCUT2D eigenvalue weighted by atomic mass is 9.78. The van der Waals surface area contributed by atoms with Gasteiger partial charge in [-0.3, -0.25) is 4.79 Å². The molecule has 4 rings (SSSR count). The maximum Gasteiger partial charge on any atom is 0.314 e. The van der Waals surface area contributed by atoms with Gasteiger partial charge < -0.3 is 14.6 Å². The molecule has 38 heavy (non-hydrogen) atoms. The lowest BCUT2D eigenvalue weighted by molar-refractivity contribution is -0.140.